The Bertz CT molecular complexity index is 1110. The minimum Gasteiger partial charge on any atom is -0.487 e. The number of carbonyl (C=O) groups is 1. The van der Waals surface area contributed by atoms with Gasteiger partial charge in [-0.05, 0) is 72.8 Å². The smallest absolute Gasteiger partial charge is 0.244 e. The summed E-state index contributed by atoms with van der Waals surface area (Å²) in [5.41, 5.74) is 5.27. The molecule has 0 atom stereocenters. The number of nitrogens with one attached hydrogen (secondary N) is 1. The average molecular weight is 560 g/mol. The molecule has 0 bridgehead atoms. The summed E-state index contributed by atoms with van der Waals surface area (Å²) in [6.45, 7) is 1.50. The molecule has 1 aliphatic heterocycles. The van der Waals surface area contributed by atoms with Gasteiger partial charge in [-0.2, -0.15) is 5.10 Å². The molecule has 0 aliphatic carbocycles. The molecule has 0 aromatic heterocycles. The zero-order chi connectivity index (χ0) is 22.3. The lowest BCUT2D eigenvalue weighted by Gasteiger charge is -2.18. The fourth-order valence-corrected chi connectivity index (χ4v) is 4.57. The molecule has 4 rings (SSSR count). The Labute approximate surface area is 202 Å². The number of hydrogen-bond donors (Lipinski definition) is 1. The number of hydrogen-bond acceptors (Lipinski definition) is 5. The number of ether oxygens (including phenoxy) is 3. The average Bonchev–Trinajstić information content (AvgIpc) is 2.79. The van der Waals surface area contributed by atoms with Gasteiger partial charge in [-0.25, -0.2) is 5.43 Å². The van der Waals surface area contributed by atoms with Gasteiger partial charge >= 0.3 is 0 Å². The Balaban J connectivity index is 1.33. The van der Waals surface area contributed by atoms with E-state index in [1.54, 1.807) is 6.21 Å². The molecule has 164 valence electrons. The van der Waals surface area contributed by atoms with E-state index in [0.29, 0.717) is 37.1 Å². The van der Waals surface area contributed by atoms with Gasteiger partial charge in [-0.1, -0.05) is 36.4 Å². The summed E-state index contributed by atoms with van der Waals surface area (Å²) in [5.74, 6) is 1.84. The third kappa shape index (κ3) is 5.89. The first-order valence-electron chi connectivity index (χ1n) is 9.95. The molecule has 1 N–H and O–H groups in total. The highest BCUT2D eigenvalue weighted by atomic mass is 79.9. The number of rotatable bonds is 7. The zero-order valence-electron chi connectivity index (χ0n) is 17.0. The van der Waals surface area contributed by atoms with Crippen molar-refractivity contribution in [3.63, 3.8) is 0 Å². The van der Waals surface area contributed by atoms with Crippen LogP contribution < -0.4 is 19.6 Å². The van der Waals surface area contributed by atoms with Crippen LogP contribution in [0.15, 0.2) is 74.7 Å². The van der Waals surface area contributed by atoms with E-state index >= 15 is 0 Å². The van der Waals surface area contributed by atoms with Crippen LogP contribution in [0, 0.1) is 0 Å². The van der Waals surface area contributed by atoms with Crippen molar-refractivity contribution in [3.05, 3.63) is 86.3 Å². The Kier molecular flexibility index (Phi) is 7.44. The maximum Gasteiger partial charge on any atom is 0.244 e. The van der Waals surface area contributed by atoms with E-state index < -0.39 is 0 Å². The first-order valence-corrected chi connectivity index (χ1v) is 11.5. The van der Waals surface area contributed by atoms with Crippen LogP contribution in [0.3, 0.4) is 0 Å². The second kappa shape index (κ2) is 10.7. The summed E-state index contributed by atoms with van der Waals surface area (Å²) >= 11 is 7.08. The van der Waals surface area contributed by atoms with E-state index in [4.69, 9.17) is 14.2 Å². The number of benzene rings is 3. The van der Waals surface area contributed by atoms with Crippen LogP contribution in [0.4, 0.5) is 0 Å². The molecule has 3 aromatic carbocycles. The highest BCUT2D eigenvalue weighted by molar-refractivity contribution is 9.11. The van der Waals surface area contributed by atoms with Crippen LogP contribution in [0.2, 0.25) is 0 Å². The normalized spacial score (nSPS) is 12.6. The molecule has 0 spiro atoms. The van der Waals surface area contributed by atoms with Crippen molar-refractivity contribution in [2.24, 2.45) is 5.10 Å². The van der Waals surface area contributed by atoms with Gasteiger partial charge in [0, 0.05) is 0 Å². The van der Waals surface area contributed by atoms with Gasteiger partial charge in [-0.15, -0.1) is 0 Å². The molecule has 3 aromatic rings. The summed E-state index contributed by atoms with van der Waals surface area (Å²) in [6, 6.07) is 19.2. The monoisotopic (exact) mass is 558 g/mol. The fourth-order valence-electron chi connectivity index (χ4n) is 3.12. The predicted molar refractivity (Wildman–Crippen MR) is 129 cm³/mol. The second-order valence-electron chi connectivity index (χ2n) is 7.04. The lowest BCUT2D eigenvalue weighted by molar-refractivity contribution is -0.120. The zero-order valence-corrected chi connectivity index (χ0v) is 20.2. The molecular weight excluding hydrogens is 540 g/mol. The van der Waals surface area contributed by atoms with Crippen molar-refractivity contribution in [2.45, 2.75) is 13.0 Å². The molecular formula is C24H20Br2N2O4. The minimum atomic E-state index is -0.223. The van der Waals surface area contributed by atoms with Crippen molar-refractivity contribution in [1.82, 2.24) is 5.43 Å². The number of nitrogens with zero attached hydrogens (tertiary/aromatic N) is 1. The molecule has 1 aliphatic rings. The van der Waals surface area contributed by atoms with Gasteiger partial charge in [0.05, 0.1) is 21.6 Å². The predicted octanol–water partition coefficient (Wildman–Crippen LogP) is 5.25. The third-order valence-electron chi connectivity index (χ3n) is 4.62. The van der Waals surface area contributed by atoms with Gasteiger partial charge in [0.2, 0.25) is 5.91 Å². The van der Waals surface area contributed by atoms with Gasteiger partial charge in [0.25, 0.3) is 0 Å². The van der Waals surface area contributed by atoms with Gasteiger partial charge in [-0.3, -0.25) is 4.79 Å². The Morgan fingerprint density at radius 1 is 0.969 bits per heavy atom. The van der Waals surface area contributed by atoms with Crippen molar-refractivity contribution in [2.75, 3.05) is 13.2 Å². The van der Waals surface area contributed by atoms with E-state index in [-0.39, 0.29) is 12.3 Å². The number of hydrazone groups is 1. The van der Waals surface area contributed by atoms with Gasteiger partial charge in [0.1, 0.15) is 25.6 Å². The van der Waals surface area contributed by atoms with Crippen LogP contribution in [0.25, 0.3) is 0 Å². The van der Waals surface area contributed by atoms with Gasteiger partial charge in [0.15, 0.2) is 11.5 Å². The molecule has 0 saturated heterocycles. The maximum atomic E-state index is 12.2. The highest BCUT2D eigenvalue weighted by Gasteiger charge is 2.13. The number of amides is 1. The van der Waals surface area contributed by atoms with Crippen molar-refractivity contribution >= 4 is 44.0 Å². The number of fused-ring (bicyclic) bond motifs is 1. The van der Waals surface area contributed by atoms with E-state index in [0.717, 1.165) is 25.6 Å². The molecule has 32 heavy (non-hydrogen) atoms. The van der Waals surface area contributed by atoms with E-state index in [2.05, 4.69) is 42.4 Å². The quantitative estimate of drug-likeness (QED) is 0.317. The van der Waals surface area contributed by atoms with Crippen LogP contribution in [-0.4, -0.2) is 25.3 Å². The third-order valence-corrected chi connectivity index (χ3v) is 5.80. The van der Waals surface area contributed by atoms with Crippen LogP contribution in [-0.2, 0) is 17.8 Å². The Hall–Kier alpha value is -2.84. The molecule has 0 unspecified atom stereocenters. The number of halogens is 2. The lowest BCUT2D eigenvalue weighted by atomic mass is 10.1. The molecule has 0 fully saturated rings. The summed E-state index contributed by atoms with van der Waals surface area (Å²) in [7, 11) is 0. The van der Waals surface area contributed by atoms with E-state index in [9.17, 15) is 4.79 Å². The molecule has 0 radical (unpaired) electrons. The second-order valence-corrected chi connectivity index (χ2v) is 8.74. The molecule has 1 heterocycles. The fraction of sp³-hybridized carbons (Fsp3) is 0.167. The van der Waals surface area contributed by atoms with E-state index in [1.165, 1.54) is 0 Å². The van der Waals surface area contributed by atoms with Crippen molar-refractivity contribution < 1.29 is 19.0 Å². The summed E-state index contributed by atoms with van der Waals surface area (Å²) in [5, 5.41) is 4.07. The standard InChI is InChI=1S/C24H20Br2N2O4/c25-19-10-18(11-20(26)24(19)32-15-16-4-2-1-3-5-16)14-27-28-23(29)13-17-6-7-21-22(12-17)31-9-8-30-21/h1-7,10-12,14H,8-9,13,15H2,(H,28,29)/b27-14+. The van der Waals surface area contributed by atoms with Crippen LogP contribution in [0.5, 0.6) is 17.2 Å². The largest absolute Gasteiger partial charge is 0.487 e. The summed E-state index contributed by atoms with van der Waals surface area (Å²) < 4.78 is 18.5. The van der Waals surface area contributed by atoms with Crippen molar-refractivity contribution in [3.8, 4) is 17.2 Å². The molecule has 1 amide bonds. The van der Waals surface area contributed by atoms with Crippen LogP contribution in [0.1, 0.15) is 16.7 Å². The maximum absolute atomic E-state index is 12.2. The SMILES string of the molecule is O=C(Cc1ccc2c(c1)OCCO2)N/N=C/c1cc(Br)c(OCc2ccccc2)c(Br)c1. The van der Waals surface area contributed by atoms with Crippen LogP contribution >= 0.6 is 31.9 Å². The molecule has 6 nitrogen and oxygen atoms in total. The first kappa shape index (κ1) is 22.4. The van der Waals surface area contributed by atoms with E-state index in [1.807, 2.05) is 60.7 Å². The minimum absolute atomic E-state index is 0.188. The molecule has 8 heteroatoms. The lowest BCUT2D eigenvalue weighted by Crippen LogP contribution is -2.20. The summed E-state index contributed by atoms with van der Waals surface area (Å²) in [6.07, 6.45) is 1.77. The Morgan fingerprint density at radius 2 is 1.69 bits per heavy atom. The molecule has 0 saturated carbocycles. The van der Waals surface area contributed by atoms with Crippen molar-refractivity contribution in [1.29, 1.82) is 0 Å². The number of carbonyl (C=O) groups excluding carboxylic acids is 1. The topological polar surface area (TPSA) is 69.2 Å². The first-order chi connectivity index (χ1) is 15.6. The highest BCUT2D eigenvalue weighted by Crippen LogP contribution is 2.35. The summed E-state index contributed by atoms with van der Waals surface area (Å²) in [4.78, 5) is 12.2. The Morgan fingerprint density at radius 3 is 2.44 bits per heavy atom. The van der Waals surface area contributed by atoms with Gasteiger partial charge < -0.3 is 14.2 Å².